The van der Waals surface area contributed by atoms with Crippen molar-refractivity contribution in [3.63, 3.8) is 0 Å². The van der Waals surface area contributed by atoms with Crippen molar-refractivity contribution in [2.24, 2.45) is 0 Å². The quantitative estimate of drug-likeness (QED) is 0.426. The van der Waals surface area contributed by atoms with Crippen molar-refractivity contribution < 1.29 is 9.53 Å². The van der Waals surface area contributed by atoms with Crippen LogP contribution in [-0.2, 0) is 6.42 Å². The largest absolute Gasteiger partial charge is 0.497 e. The maximum atomic E-state index is 13.4. The van der Waals surface area contributed by atoms with Crippen molar-refractivity contribution in [1.82, 2.24) is 15.1 Å². The monoisotopic (exact) mass is 443 g/mol. The average Bonchev–Trinajstić information content (AvgIpc) is 3.38. The number of carbonyl (C=O) groups is 1. The van der Waals surface area contributed by atoms with E-state index in [2.05, 4.69) is 10.2 Å². The Labute approximate surface area is 191 Å². The predicted octanol–water partition coefficient (Wildman–Crippen LogP) is 5.53. The molecule has 4 aromatic rings. The van der Waals surface area contributed by atoms with Crippen molar-refractivity contribution >= 4 is 17.5 Å². The number of rotatable bonds is 6. The van der Waals surface area contributed by atoms with E-state index in [9.17, 15) is 4.79 Å². The summed E-state index contributed by atoms with van der Waals surface area (Å²) in [5, 5.41) is 8.18. The van der Waals surface area contributed by atoms with Crippen molar-refractivity contribution in [3.8, 4) is 17.0 Å². The van der Waals surface area contributed by atoms with Gasteiger partial charge in [0.2, 0.25) is 0 Å². The van der Waals surface area contributed by atoms with Crippen LogP contribution in [0.2, 0.25) is 5.02 Å². The highest BCUT2D eigenvalue weighted by Crippen LogP contribution is 2.42. The van der Waals surface area contributed by atoms with Crippen LogP contribution in [-0.4, -0.2) is 34.7 Å². The van der Waals surface area contributed by atoms with Gasteiger partial charge in [-0.05, 0) is 41.8 Å². The standard InChI is InChI=1S/C26H22ClN3O2/c1-32-21-13-7-17(8-14-21)15-16-30-25(19-9-11-20(27)12-10-19)22-23(18-5-3-2-4-6-18)28-29-24(22)26(30)31/h2-14,25H,15-16H2,1H3,(H,28,29). The topological polar surface area (TPSA) is 58.2 Å². The molecule has 0 fully saturated rings. The lowest BCUT2D eigenvalue weighted by molar-refractivity contribution is 0.0746. The molecule has 0 radical (unpaired) electrons. The van der Waals surface area contributed by atoms with Gasteiger partial charge < -0.3 is 9.64 Å². The Balaban J connectivity index is 1.52. The Morgan fingerprint density at radius 1 is 1.00 bits per heavy atom. The van der Waals surface area contributed by atoms with Crippen LogP contribution >= 0.6 is 11.6 Å². The molecule has 1 amide bonds. The molecule has 1 unspecified atom stereocenters. The molecule has 160 valence electrons. The summed E-state index contributed by atoms with van der Waals surface area (Å²) in [6, 6.07) is 25.4. The fraction of sp³-hybridized carbons (Fsp3) is 0.154. The fourth-order valence-corrected chi connectivity index (χ4v) is 4.40. The normalized spacial score (nSPS) is 15.1. The maximum Gasteiger partial charge on any atom is 0.273 e. The van der Waals surface area contributed by atoms with E-state index in [4.69, 9.17) is 16.3 Å². The first-order chi connectivity index (χ1) is 15.7. The van der Waals surface area contributed by atoms with Gasteiger partial charge in [-0.3, -0.25) is 9.89 Å². The fourth-order valence-electron chi connectivity index (χ4n) is 4.28. The van der Waals surface area contributed by atoms with Gasteiger partial charge in [0.15, 0.2) is 0 Å². The number of nitrogens with one attached hydrogen (secondary N) is 1. The molecule has 1 aliphatic heterocycles. The average molecular weight is 444 g/mol. The number of methoxy groups -OCH3 is 1. The van der Waals surface area contributed by atoms with Crippen molar-refractivity contribution in [2.75, 3.05) is 13.7 Å². The number of aromatic nitrogens is 2. The van der Waals surface area contributed by atoms with Crippen LogP contribution in [0.25, 0.3) is 11.3 Å². The molecule has 0 aliphatic carbocycles. The molecule has 0 bridgehead atoms. The van der Waals surface area contributed by atoms with Crippen molar-refractivity contribution in [2.45, 2.75) is 12.5 Å². The summed E-state index contributed by atoms with van der Waals surface area (Å²) in [7, 11) is 1.65. The first-order valence-corrected chi connectivity index (χ1v) is 10.9. The molecule has 6 heteroatoms. The Bertz CT molecular complexity index is 1230. The third-order valence-electron chi connectivity index (χ3n) is 5.90. The molecule has 1 aliphatic rings. The molecule has 1 aromatic heterocycles. The van der Waals surface area contributed by atoms with E-state index >= 15 is 0 Å². The van der Waals surface area contributed by atoms with Gasteiger partial charge in [0.1, 0.15) is 11.4 Å². The molecule has 2 heterocycles. The van der Waals surface area contributed by atoms with Crippen LogP contribution in [0.15, 0.2) is 78.9 Å². The zero-order chi connectivity index (χ0) is 22.1. The highest BCUT2D eigenvalue weighted by atomic mass is 35.5. The van der Waals surface area contributed by atoms with Gasteiger partial charge in [-0.1, -0.05) is 66.2 Å². The lowest BCUT2D eigenvalue weighted by atomic mass is 9.96. The van der Waals surface area contributed by atoms with E-state index in [-0.39, 0.29) is 11.9 Å². The molecular weight excluding hydrogens is 422 g/mol. The number of fused-ring (bicyclic) bond motifs is 1. The summed E-state index contributed by atoms with van der Waals surface area (Å²) in [5.74, 6) is 0.779. The number of aromatic amines is 1. The van der Waals surface area contributed by atoms with Crippen molar-refractivity contribution in [1.29, 1.82) is 0 Å². The van der Waals surface area contributed by atoms with Gasteiger partial charge in [-0.2, -0.15) is 5.10 Å². The van der Waals surface area contributed by atoms with Gasteiger partial charge >= 0.3 is 0 Å². The van der Waals surface area contributed by atoms with Gasteiger partial charge in [0.25, 0.3) is 5.91 Å². The number of benzene rings is 3. The highest BCUT2D eigenvalue weighted by Gasteiger charge is 2.41. The molecule has 1 N–H and O–H groups in total. The molecule has 3 aromatic carbocycles. The molecule has 0 spiro atoms. The number of hydrogen-bond acceptors (Lipinski definition) is 3. The number of halogens is 1. The van der Waals surface area contributed by atoms with Crippen LogP contribution in [0, 0.1) is 0 Å². The minimum absolute atomic E-state index is 0.0388. The second-order valence-corrected chi connectivity index (χ2v) is 8.21. The Morgan fingerprint density at radius 2 is 1.72 bits per heavy atom. The van der Waals surface area contributed by atoms with Crippen LogP contribution in [0.5, 0.6) is 5.75 Å². The van der Waals surface area contributed by atoms with Gasteiger partial charge in [0, 0.05) is 22.7 Å². The van der Waals surface area contributed by atoms with Crippen LogP contribution in [0.1, 0.15) is 33.2 Å². The Hall–Kier alpha value is -3.57. The molecule has 5 nitrogen and oxygen atoms in total. The zero-order valence-electron chi connectivity index (χ0n) is 17.6. The summed E-state index contributed by atoms with van der Waals surface area (Å²) < 4.78 is 5.25. The lowest BCUT2D eigenvalue weighted by Gasteiger charge is -2.26. The Kier molecular flexibility index (Phi) is 5.41. The number of carbonyl (C=O) groups excluding carboxylic acids is 1. The van der Waals surface area contributed by atoms with Crippen molar-refractivity contribution in [3.05, 3.63) is 106 Å². The minimum atomic E-state index is -0.234. The van der Waals surface area contributed by atoms with E-state index in [1.165, 1.54) is 0 Å². The molecule has 0 saturated carbocycles. The number of amides is 1. The third-order valence-corrected chi connectivity index (χ3v) is 6.15. The first kappa shape index (κ1) is 20.3. The third kappa shape index (κ3) is 3.65. The second-order valence-electron chi connectivity index (χ2n) is 7.78. The van der Waals surface area contributed by atoms with E-state index < -0.39 is 0 Å². The van der Waals surface area contributed by atoms with Gasteiger partial charge in [-0.25, -0.2) is 0 Å². The van der Waals surface area contributed by atoms with E-state index in [0.717, 1.165) is 40.1 Å². The SMILES string of the molecule is COc1ccc(CCN2C(=O)c3[nH]nc(-c4ccccc4)c3C2c2ccc(Cl)cc2)cc1. The summed E-state index contributed by atoms with van der Waals surface area (Å²) >= 11 is 6.15. The molecule has 1 atom stereocenters. The lowest BCUT2D eigenvalue weighted by Crippen LogP contribution is -2.31. The Morgan fingerprint density at radius 3 is 2.41 bits per heavy atom. The van der Waals surface area contributed by atoms with E-state index in [1.54, 1.807) is 7.11 Å². The summed E-state index contributed by atoms with van der Waals surface area (Å²) in [6.07, 6.45) is 0.734. The molecule has 32 heavy (non-hydrogen) atoms. The summed E-state index contributed by atoms with van der Waals surface area (Å²) in [4.78, 5) is 15.3. The first-order valence-electron chi connectivity index (χ1n) is 10.5. The number of nitrogens with zero attached hydrogens (tertiary/aromatic N) is 2. The highest BCUT2D eigenvalue weighted by molar-refractivity contribution is 6.30. The zero-order valence-corrected chi connectivity index (χ0v) is 18.3. The van der Waals surface area contributed by atoms with Gasteiger partial charge in [0.05, 0.1) is 18.8 Å². The molecule has 5 rings (SSSR count). The minimum Gasteiger partial charge on any atom is -0.497 e. The van der Waals surface area contributed by atoms with Crippen LogP contribution < -0.4 is 4.74 Å². The number of H-pyrrole nitrogens is 1. The molecule has 0 saturated heterocycles. The smallest absolute Gasteiger partial charge is 0.273 e. The number of hydrogen-bond donors (Lipinski definition) is 1. The summed E-state index contributed by atoms with van der Waals surface area (Å²) in [6.45, 7) is 0.579. The van der Waals surface area contributed by atoms with E-state index in [0.29, 0.717) is 17.3 Å². The molecular formula is C26H22ClN3O2. The second kappa shape index (κ2) is 8.52. The summed E-state index contributed by atoms with van der Waals surface area (Å²) in [5.41, 5.74) is 5.41. The maximum absolute atomic E-state index is 13.4. The predicted molar refractivity (Wildman–Crippen MR) is 125 cm³/mol. The van der Waals surface area contributed by atoms with Crippen LogP contribution in [0.3, 0.4) is 0 Å². The van der Waals surface area contributed by atoms with Crippen LogP contribution in [0.4, 0.5) is 0 Å². The van der Waals surface area contributed by atoms with Gasteiger partial charge in [-0.15, -0.1) is 0 Å². The number of ether oxygens (including phenoxy) is 1. The van der Waals surface area contributed by atoms with E-state index in [1.807, 2.05) is 83.8 Å².